The Hall–Kier alpha value is -1.92. The number of hydrazone groups is 1. The highest BCUT2D eigenvalue weighted by atomic mass is 35.5. The zero-order chi connectivity index (χ0) is 15.1. The number of benzene rings is 1. The van der Waals surface area contributed by atoms with E-state index in [0.29, 0.717) is 22.5 Å². The largest absolute Gasteiger partial charge is 0.466 e. The van der Waals surface area contributed by atoms with Crippen molar-refractivity contribution in [3.63, 3.8) is 0 Å². The molecule has 0 radical (unpaired) electrons. The second-order valence-electron chi connectivity index (χ2n) is 4.05. The van der Waals surface area contributed by atoms with Gasteiger partial charge in [-0.25, -0.2) is 4.98 Å². The van der Waals surface area contributed by atoms with Gasteiger partial charge >= 0.3 is 5.97 Å². The first kappa shape index (κ1) is 15.5. The Morgan fingerprint density at radius 1 is 1.57 bits per heavy atom. The van der Waals surface area contributed by atoms with Crippen LogP contribution in [-0.2, 0) is 16.0 Å². The number of nitrogens with one attached hydrogen (secondary N) is 1. The molecule has 0 bridgehead atoms. The molecule has 2 aromatic rings. The number of nitrogens with zero attached hydrogens (tertiary/aromatic N) is 2. The van der Waals surface area contributed by atoms with E-state index < -0.39 is 0 Å². The van der Waals surface area contributed by atoms with E-state index in [0.717, 1.165) is 5.56 Å². The summed E-state index contributed by atoms with van der Waals surface area (Å²) in [5.74, 6) is -0.281. The van der Waals surface area contributed by atoms with Crippen LogP contribution < -0.4 is 5.43 Å². The van der Waals surface area contributed by atoms with Crippen LogP contribution >= 0.6 is 22.9 Å². The van der Waals surface area contributed by atoms with Gasteiger partial charge in [0.2, 0.25) is 5.13 Å². The molecule has 1 N–H and O–H groups in total. The first-order valence-corrected chi connectivity index (χ1v) is 7.58. The van der Waals surface area contributed by atoms with Gasteiger partial charge in [0.05, 0.1) is 24.9 Å². The second-order valence-corrected chi connectivity index (χ2v) is 5.35. The van der Waals surface area contributed by atoms with Crippen molar-refractivity contribution >= 4 is 40.3 Å². The minimum atomic E-state index is -0.281. The van der Waals surface area contributed by atoms with E-state index in [1.54, 1.807) is 30.7 Å². The highest BCUT2D eigenvalue weighted by molar-refractivity contribution is 7.13. The van der Waals surface area contributed by atoms with Gasteiger partial charge in [-0.1, -0.05) is 23.7 Å². The van der Waals surface area contributed by atoms with Crippen molar-refractivity contribution in [1.29, 1.82) is 0 Å². The number of esters is 1. The zero-order valence-electron chi connectivity index (χ0n) is 11.4. The third kappa shape index (κ3) is 5.17. The molecule has 7 heteroatoms. The lowest BCUT2D eigenvalue weighted by Crippen LogP contribution is -2.07. The number of anilines is 1. The quantitative estimate of drug-likeness (QED) is 0.503. The van der Waals surface area contributed by atoms with Crippen LogP contribution in [0.1, 0.15) is 18.2 Å². The van der Waals surface area contributed by atoms with Crippen LogP contribution in [0.4, 0.5) is 5.13 Å². The topological polar surface area (TPSA) is 63.6 Å². The van der Waals surface area contributed by atoms with Crippen LogP contribution in [0.15, 0.2) is 34.7 Å². The summed E-state index contributed by atoms with van der Waals surface area (Å²) in [5.41, 5.74) is 4.37. The minimum absolute atomic E-state index is 0.171. The Morgan fingerprint density at radius 3 is 3.19 bits per heavy atom. The number of carbonyl (C=O) groups is 1. The van der Waals surface area contributed by atoms with Crippen LogP contribution in [-0.4, -0.2) is 23.8 Å². The summed E-state index contributed by atoms with van der Waals surface area (Å²) in [5, 5.41) is 7.16. The van der Waals surface area contributed by atoms with Crippen molar-refractivity contribution in [1.82, 2.24) is 4.98 Å². The van der Waals surface area contributed by atoms with E-state index >= 15 is 0 Å². The van der Waals surface area contributed by atoms with Crippen LogP contribution in [0.2, 0.25) is 5.02 Å². The van der Waals surface area contributed by atoms with Crippen molar-refractivity contribution in [2.75, 3.05) is 12.0 Å². The van der Waals surface area contributed by atoms with Crippen molar-refractivity contribution in [3.05, 3.63) is 45.9 Å². The summed E-state index contributed by atoms with van der Waals surface area (Å²) >= 11 is 7.26. The normalized spacial score (nSPS) is 10.8. The average molecular weight is 324 g/mol. The molecule has 0 spiro atoms. The SMILES string of the molecule is CCOC(=O)Cc1csc(NN=Cc2cccc(Cl)c2)n1. The Balaban J connectivity index is 1.89. The molecule has 0 aliphatic rings. The summed E-state index contributed by atoms with van der Waals surface area (Å²) in [4.78, 5) is 15.6. The number of thiazole rings is 1. The van der Waals surface area contributed by atoms with Gasteiger partial charge in [0.25, 0.3) is 0 Å². The summed E-state index contributed by atoms with van der Waals surface area (Å²) in [6.07, 6.45) is 1.82. The molecule has 110 valence electrons. The van der Waals surface area contributed by atoms with Crippen molar-refractivity contribution in [2.24, 2.45) is 5.10 Å². The third-order valence-electron chi connectivity index (χ3n) is 2.41. The van der Waals surface area contributed by atoms with Gasteiger partial charge in [0, 0.05) is 10.4 Å². The Labute approximate surface area is 131 Å². The predicted octanol–water partition coefficient (Wildman–Crippen LogP) is 3.35. The maximum atomic E-state index is 11.3. The molecule has 1 heterocycles. The van der Waals surface area contributed by atoms with Gasteiger partial charge in [-0.2, -0.15) is 5.10 Å². The Morgan fingerprint density at radius 2 is 2.43 bits per heavy atom. The van der Waals surface area contributed by atoms with E-state index in [2.05, 4.69) is 15.5 Å². The minimum Gasteiger partial charge on any atom is -0.466 e. The first-order valence-electron chi connectivity index (χ1n) is 6.32. The summed E-state index contributed by atoms with van der Waals surface area (Å²) in [6.45, 7) is 2.15. The fraction of sp³-hybridized carbons (Fsp3) is 0.214. The fourth-order valence-corrected chi connectivity index (χ4v) is 2.41. The predicted molar refractivity (Wildman–Crippen MR) is 85.1 cm³/mol. The van der Waals surface area contributed by atoms with E-state index in [4.69, 9.17) is 16.3 Å². The molecule has 21 heavy (non-hydrogen) atoms. The molecule has 0 saturated carbocycles. The zero-order valence-corrected chi connectivity index (χ0v) is 12.9. The number of carbonyl (C=O) groups excluding carboxylic acids is 1. The van der Waals surface area contributed by atoms with Gasteiger partial charge in [-0.15, -0.1) is 11.3 Å². The molecule has 0 saturated heterocycles. The number of rotatable bonds is 6. The Kier molecular flexibility index (Phi) is 5.71. The third-order valence-corrected chi connectivity index (χ3v) is 3.44. The molecule has 1 aromatic heterocycles. The fourth-order valence-electron chi connectivity index (χ4n) is 1.55. The molecule has 2 rings (SSSR count). The number of ether oxygens (including phenoxy) is 1. The van der Waals surface area contributed by atoms with Crippen LogP contribution in [0, 0.1) is 0 Å². The molecule has 1 aromatic carbocycles. The first-order chi connectivity index (χ1) is 10.2. The lowest BCUT2D eigenvalue weighted by molar-refractivity contribution is -0.142. The molecular formula is C14H14ClN3O2S. The van der Waals surface area contributed by atoms with Crippen LogP contribution in [0.3, 0.4) is 0 Å². The number of aromatic nitrogens is 1. The lowest BCUT2D eigenvalue weighted by atomic mass is 10.2. The van der Waals surface area contributed by atoms with E-state index in [-0.39, 0.29) is 12.4 Å². The smallest absolute Gasteiger partial charge is 0.311 e. The van der Waals surface area contributed by atoms with Crippen molar-refractivity contribution in [2.45, 2.75) is 13.3 Å². The standard InChI is InChI=1S/C14H14ClN3O2S/c1-2-20-13(19)7-12-9-21-14(17-12)18-16-8-10-4-3-5-11(15)6-10/h3-6,8-9H,2,7H2,1H3,(H,17,18). The van der Waals surface area contributed by atoms with Gasteiger partial charge in [-0.3, -0.25) is 10.2 Å². The maximum Gasteiger partial charge on any atom is 0.311 e. The Bertz CT molecular complexity index is 643. The van der Waals surface area contributed by atoms with E-state index in [9.17, 15) is 4.79 Å². The monoisotopic (exact) mass is 323 g/mol. The maximum absolute atomic E-state index is 11.3. The van der Waals surface area contributed by atoms with E-state index in [1.807, 2.05) is 12.1 Å². The second kappa shape index (κ2) is 7.75. The highest BCUT2D eigenvalue weighted by Crippen LogP contribution is 2.16. The van der Waals surface area contributed by atoms with Crippen molar-refractivity contribution in [3.8, 4) is 0 Å². The molecule has 0 amide bonds. The van der Waals surface area contributed by atoms with Crippen LogP contribution in [0.25, 0.3) is 0 Å². The van der Waals surface area contributed by atoms with Gasteiger partial charge in [-0.05, 0) is 24.6 Å². The molecule has 0 aliphatic heterocycles. The summed E-state index contributed by atoms with van der Waals surface area (Å²) in [6, 6.07) is 7.35. The molecule has 0 unspecified atom stereocenters. The molecule has 0 atom stereocenters. The van der Waals surface area contributed by atoms with Gasteiger partial charge in [0.1, 0.15) is 0 Å². The summed E-state index contributed by atoms with van der Waals surface area (Å²) < 4.78 is 4.87. The molecule has 0 aliphatic carbocycles. The van der Waals surface area contributed by atoms with Crippen molar-refractivity contribution < 1.29 is 9.53 Å². The number of hydrogen-bond donors (Lipinski definition) is 1. The molecule has 5 nitrogen and oxygen atoms in total. The lowest BCUT2D eigenvalue weighted by Gasteiger charge is -1.98. The van der Waals surface area contributed by atoms with Crippen LogP contribution in [0.5, 0.6) is 0 Å². The molecular weight excluding hydrogens is 310 g/mol. The van der Waals surface area contributed by atoms with Gasteiger partial charge in [0.15, 0.2) is 0 Å². The highest BCUT2D eigenvalue weighted by Gasteiger charge is 2.07. The summed E-state index contributed by atoms with van der Waals surface area (Å²) in [7, 11) is 0. The molecule has 0 fully saturated rings. The number of hydrogen-bond acceptors (Lipinski definition) is 6. The number of halogens is 1. The average Bonchev–Trinajstić information content (AvgIpc) is 2.86. The van der Waals surface area contributed by atoms with Gasteiger partial charge < -0.3 is 4.74 Å². The van der Waals surface area contributed by atoms with E-state index in [1.165, 1.54) is 11.3 Å².